The van der Waals surface area contributed by atoms with Crippen molar-refractivity contribution in [2.75, 3.05) is 14.1 Å². The number of alkyl halides is 3. The second kappa shape index (κ2) is 8.23. The molecule has 0 aliphatic carbocycles. The van der Waals surface area contributed by atoms with Gasteiger partial charge in [0, 0.05) is 14.1 Å². The van der Waals surface area contributed by atoms with Crippen LogP contribution < -0.4 is 16.0 Å². The monoisotopic (exact) mass is 393 g/mol. The average Bonchev–Trinajstić information content (AvgIpc) is 2.57. The van der Waals surface area contributed by atoms with Gasteiger partial charge in [-0.1, -0.05) is 0 Å². The van der Waals surface area contributed by atoms with Crippen molar-refractivity contribution < 1.29 is 36.7 Å². The van der Waals surface area contributed by atoms with Crippen LogP contribution in [0.4, 0.5) is 22.4 Å². The van der Waals surface area contributed by atoms with Crippen LogP contribution in [0.1, 0.15) is 29.8 Å². The van der Waals surface area contributed by atoms with Gasteiger partial charge in [0.2, 0.25) is 5.91 Å². The number of nitrogens with one attached hydrogen (secondary N) is 3. The summed E-state index contributed by atoms with van der Waals surface area (Å²) in [6.07, 6.45) is -5.91. The highest BCUT2D eigenvalue weighted by molar-refractivity contribution is 5.99. The lowest BCUT2D eigenvalue weighted by Gasteiger charge is -2.33. The second-order valence-corrected chi connectivity index (χ2v) is 5.95. The SMILES string of the molecule is CNC(=O)OC(C)(C)C(NC(=O)c1ccc(F)cc1C(F)(F)F)C(=O)NC. The van der Waals surface area contributed by atoms with Gasteiger partial charge in [-0.3, -0.25) is 9.59 Å². The van der Waals surface area contributed by atoms with Crippen LogP contribution in [0.3, 0.4) is 0 Å². The number of carbonyl (C=O) groups is 3. The molecule has 0 saturated heterocycles. The maximum atomic E-state index is 13.2. The Bertz CT molecular complexity index is 735. The number of carbonyl (C=O) groups excluding carboxylic acids is 3. The van der Waals surface area contributed by atoms with Crippen molar-refractivity contribution in [2.24, 2.45) is 0 Å². The fourth-order valence-electron chi connectivity index (χ4n) is 2.21. The van der Waals surface area contributed by atoms with E-state index in [-0.39, 0.29) is 6.07 Å². The minimum absolute atomic E-state index is 0.177. The third-order valence-electron chi connectivity index (χ3n) is 3.57. The number of ether oxygens (including phenoxy) is 1. The molecule has 11 heteroatoms. The molecule has 1 aromatic rings. The van der Waals surface area contributed by atoms with E-state index in [2.05, 4.69) is 16.0 Å². The maximum absolute atomic E-state index is 13.2. The van der Waals surface area contributed by atoms with Gasteiger partial charge in [-0.25, -0.2) is 9.18 Å². The summed E-state index contributed by atoms with van der Waals surface area (Å²) in [6.45, 7) is 2.58. The zero-order valence-corrected chi connectivity index (χ0v) is 15.0. The molecule has 0 fully saturated rings. The van der Waals surface area contributed by atoms with Gasteiger partial charge in [0.1, 0.15) is 17.5 Å². The molecule has 3 N–H and O–H groups in total. The molecule has 0 heterocycles. The van der Waals surface area contributed by atoms with Gasteiger partial charge in [-0.2, -0.15) is 13.2 Å². The first-order valence-electron chi connectivity index (χ1n) is 7.63. The molecule has 7 nitrogen and oxygen atoms in total. The molecule has 27 heavy (non-hydrogen) atoms. The summed E-state index contributed by atoms with van der Waals surface area (Å²) >= 11 is 0. The van der Waals surface area contributed by atoms with E-state index in [1.165, 1.54) is 27.9 Å². The Morgan fingerprint density at radius 2 is 1.67 bits per heavy atom. The summed E-state index contributed by atoms with van der Waals surface area (Å²) in [6, 6.07) is -0.0131. The van der Waals surface area contributed by atoms with Crippen LogP contribution in [0.2, 0.25) is 0 Å². The first-order chi connectivity index (χ1) is 12.3. The fraction of sp³-hybridized carbons (Fsp3) is 0.438. The average molecular weight is 393 g/mol. The molecule has 150 valence electrons. The lowest BCUT2D eigenvalue weighted by molar-refractivity contribution is -0.138. The Labute approximate surface area is 152 Å². The summed E-state index contributed by atoms with van der Waals surface area (Å²) < 4.78 is 57.5. The normalized spacial score (nSPS) is 12.7. The molecule has 0 spiro atoms. The van der Waals surface area contributed by atoms with Crippen LogP contribution >= 0.6 is 0 Å². The molecule has 0 saturated carbocycles. The Kier molecular flexibility index (Phi) is 6.76. The highest BCUT2D eigenvalue weighted by atomic mass is 19.4. The van der Waals surface area contributed by atoms with Gasteiger partial charge in [0.25, 0.3) is 5.91 Å². The molecule has 0 aliphatic rings. The first-order valence-corrected chi connectivity index (χ1v) is 7.63. The van der Waals surface area contributed by atoms with Crippen molar-refractivity contribution >= 4 is 17.9 Å². The smallest absolute Gasteiger partial charge is 0.417 e. The molecule has 0 aliphatic heterocycles. The number of rotatable bonds is 5. The van der Waals surface area contributed by atoms with Gasteiger partial charge in [0.15, 0.2) is 0 Å². The molecule has 0 aromatic heterocycles. The van der Waals surface area contributed by atoms with Crippen molar-refractivity contribution in [3.05, 3.63) is 35.1 Å². The molecular formula is C16H19F4N3O4. The molecule has 1 unspecified atom stereocenters. The molecule has 1 aromatic carbocycles. The Morgan fingerprint density at radius 1 is 1.07 bits per heavy atom. The third-order valence-corrected chi connectivity index (χ3v) is 3.57. The van der Waals surface area contributed by atoms with Crippen molar-refractivity contribution in [1.82, 2.24) is 16.0 Å². The van der Waals surface area contributed by atoms with Gasteiger partial charge >= 0.3 is 12.3 Å². The van der Waals surface area contributed by atoms with Gasteiger partial charge in [-0.05, 0) is 32.0 Å². The standard InChI is InChI=1S/C16H19F4N3O4/c1-15(2,27-14(26)22-4)11(13(25)21-3)23-12(24)9-6-5-8(17)7-10(9)16(18,19)20/h5-7,11H,1-4H3,(H,21,25)(H,22,26)(H,23,24). The summed E-state index contributed by atoms with van der Waals surface area (Å²) in [5, 5.41) is 6.49. The fourth-order valence-corrected chi connectivity index (χ4v) is 2.21. The molecule has 1 rings (SSSR count). The summed E-state index contributed by atoms with van der Waals surface area (Å²) in [5.74, 6) is -3.28. The van der Waals surface area contributed by atoms with Crippen LogP contribution in [0.25, 0.3) is 0 Å². The topological polar surface area (TPSA) is 96.5 Å². The quantitative estimate of drug-likeness (QED) is 0.665. The van der Waals surface area contributed by atoms with Crippen molar-refractivity contribution in [3.8, 4) is 0 Å². The van der Waals surface area contributed by atoms with E-state index in [1.54, 1.807) is 0 Å². The number of hydrogen-bond donors (Lipinski definition) is 3. The number of alkyl carbamates (subject to hydrolysis) is 1. The second-order valence-electron chi connectivity index (χ2n) is 5.95. The minimum atomic E-state index is -4.99. The van der Waals surface area contributed by atoms with Gasteiger partial charge < -0.3 is 20.7 Å². The number of likely N-dealkylation sites (N-methyl/N-ethyl adjacent to an activating group) is 1. The van der Waals surface area contributed by atoms with Crippen LogP contribution in [0.15, 0.2) is 18.2 Å². The van der Waals surface area contributed by atoms with E-state index < -0.39 is 52.7 Å². The summed E-state index contributed by atoms with van der Waals surface area (Å²) in [4.78, 5) is 36.0. The number of halogens is 4. The highest BCUT2D eigenvalue weighted by Crippen LogP contribution is 2.32. The predicted octanol–water partition coefficient (Wildman–Crippen LogP) is 1.82. The Hall–Kier alpha value is -2.85. The molecule has 0 radical (unpaired) electrons. The largest absolute Gasteiger partial charge is 0.441 e. The molecule has 1 atom stereocenters. The molecule has 0 bridgehead atoms. The summed E-state index contributed by atoms with van der Waals surface area (Å²) in [7, 11) is 2.50. The zero-order chi connectivity index (χ0) is 21.0. The highest BCUT2D eigenvalue weighted by Gasteiger charge is 2.41. The maximum Gasteiger partial charge on any atom is 0.417 e. The molecule has 3 amide bonds. The number of amides is 3. The van der Waals surface area contributed by atoms with E-state index in [0.717, 1.165) is 0 Å². The van der Waals surface area contributed by atoms with Crippen molar-refractivity contribution in [3.63, 3.8) is 0 Å². The Balaban J connectivity index is 3.26. The van der Waals surface area contributed by atoms with Gasteiger partial charge in [0.05, 0.1) is 11.1 Å². The minimum Gasteiger partial charge on any atom is -0.441 e. The van der Waals surface area contributed by atoms with Crippen molar-refractivity contribution in [1.29, 1.82) is 0 Å². The number of hydrogen-bond acceptors (Lipinski definition) is 4. The van der Waals surface area contributed by atoms with E-state index in [4.69, 9.17) is 4.74 Å². The zero-order valence-electron chi connectivity index (χ0n) is 15.0. The van der Waals surface area contributed by atoms with Crippen LogP contribution in [0, 0.1) is 5.82 Å². The lowest BCUT2D eigenvalue weighted by Crippen LogP contribution is -2.59. The van der Waals surface area contributed by atoms with Gasteiger partial charge in [-0.15, -0.1) is 0 Å². The molecular weight excluding hydrogens is 374 g/mol. The summed E-state index contributed by atoms with van der Waals surface area (Å²) in [5.41, 5.74) is -4.00. The van der Waals surface area contributed by atoms with E-state index in [1.807, 2.05) is 0 Å². The Morgan fingerprint density at radius 3 is 2.15 bits per heavy atom. The van der Waals surface area contributed by atoms with Crippen LogP contribution in [-0.2, 0) is 15.7 Å². The lowest BCUT2D eigenvalue weighted by atomic mass is 9.96. The number of benzene rings is 1. The predicted molar refractivity (Wildman–Crippen MR) is 86.3 cm³/mol. The van der Waals surface area contributed by atoms with Crippen LogP contribution in [-0.4, -0.2) is 43.6 Å². The van der Waals surface area contributed by atoms with Crippen molar-refractivity contribution in [2.45, 2.75) is 31.7 Å². The van der Waals surface area contributed by atoms with E-state index in [9.17, 15) is 31.9 Å². The first kappa shape index (κ1) is 22.2. The van der Waals surface area contributed by atoms with E-state index in [0.29, 0.717) is 12.1 Å². The van der Waals surface area contributed by atoms with E-state index >= 15 is 0 Å². The van der Waals surface area contributed by atoms with Crippen LogP contribution in [0.5, 0.6) is 0 Å². The third kappa shape index (κ3) is 5.56.